The molecule has 0 spiro atoms. The van der Waals surface area contributed by atoms with Gasteiger partial charge in [0, 0.05) is 0 Å². The van der Waals surface area contributed by atoms with E-state index in [-0.39, 0.29) is 11.0 Å². The summed E-state index contributed by atoms with van der Waals surface area (Å²) < 4.78 is 26.5. The van der Waals surface area contributed by atoms with Crippen molar-refractivity contribution in [2.75, 3.05) is 6.07 Å². The molecule has 4 nitrogen and oxygen atoms in total. The van der Waals surface area contributed by atoms with Crippen molar-refractivity contribution < 1.29 is 13.2 Å². The van der Waals surface area contributed by atoms with Crippen LogP contribution in [-0.2, 0) is 10.0 Å². The molecular formula is C7H8ClNO3S. The predicted octanol–water partition coefficient (Wildman–Crippen LogP) is 0.909. The molecule has 0 bridgehead atoms. The van der Waals surface area contributed by atoms with Crippen LogP contribution in [0, 0.1) is 0 Å². The SMILES string of the molecule is NS(=O)(=O)c1ccc(OCCl)cc1. The number of primary sulfonamides is 1. The molecule has 0 amide bonds. The van der Waals surface area contributed by atoms with Gasteiger partial charge in [-0.2, -0.15) is 0 Å². The van der Waals surface area contributed by atoms with Gasteiger partial charge < -0.3 is 4.74 Å². The molecule has 0 atom stereocenters. The van der Waals surface area contributed by atoms with E-state index in [1.54, 1.807) is 0 Å². The van der Waals surface area contributed by atoms with Gasteiger partial charge in [0.1, 0.15) is 5.75 Å². The number of ether oxygens (including phenoxy) is 1. The first kappa shape index (κ1) is 10.3. The van der Waals surface area contributed by atoms with Crippen LogP contribution in [0.5, 0.6) is 5.75 Å². The minimum absolute atomic E-state index is 0.0225. The van der Waals surface area contributed by atoms with E-state index >= 15 is 0 Å². The van der Waals surface area contributed by atoms with Crippen LogP contribution in [0.2, 0.25) is 0 Å². The molecule has 0 aromatic heterocycles. The molecular weight excluding hydrogens is 214 g/mol. The van der Waals surface area contributed by atoms with Crippen molar-refractivity contribution in [3.63, 3.8) is 0 Å². The lowest BCUT2D eigenvalue weighted by Gasteiger charge is -2.01. The Kier molecular flexibility index (Phi) is 3.13. The zero-order valence-electron chi connectivity index (χ0n) is 6.60. The minimum Gasteiger partial charge on any atom is -0.478 e. The van der Waals surface area contributed by atoms with Gasteiger partial charge in [-0.3, -0.25) is 0 Å². The summed E-state index contributed by atoms with van der Waals surface area (Å²) in [4.78, 5) is 0.0504. The van der Waals surface area contributed by atoms with E-state index in [4.69, 9.17) is 21.5 Å². The predicted molar refractivity (Wildman–Crippen MR) is 49.2 cm³/mol. The van der Waals surface area contributed by atoms with Gasteiger partial charge in [-0.15, -0.1) is 0 Å². The second kappa shape index (κ2) is 3.95. The summed E-state index contributed by atoms with van der Waals surface area (Å²) in [7, 11) is -3.62. The van der Waals surface area contributed by atoms with E-state index in [2.05, 4.69) is 0 Å². The van der Waals surface area contributed by atoms with E-state index in [0.29, 0.717) is 5.75 Å². The molecule has 72 valence electrons. The summed E-state index contributed by atoms with van der Waals surface area (Å²) in [5.41, 5.74) is 0. The fourth-order valence-corrected chi connectivity index (χ4v) is 1.43. The summed E-state index contributed by atoms with van der Waals surface area (Å²) in [6.07, 6.45) is 0. The van der Waals surface area contributed by atoms with Gasteiger partial charge in [0.15, 0.2) is 6.07 Å². The fraction of sp³-hybridized carbons (Fsp3) is 0.143. The molecule has 0 unspecified atom stereocenters. The molecule has 13 heavy (non-hydrogen) atoms. The first-order valence-electron chi connectivity index (χ1n) is 3.35. The quantitative estimate of drug-likeness (QED) is 0.772. The average molecular weight is 222 g/mol. The highest BCUT2D eigenvalue weighted by atomic mass is 35.5. The zero-order chi connectivity index (χ0) is 9.90. The van der Waals surface area contributed by atoms with Crippen LogP contribution >= 0.6 is 11.6 Å². The van der Waals surface area contributed by atoms with Crippen LogP contribution in [0.3, 0.4) is 0 Å². The third-order valence-electron chi connectivity index (χ3n) is 1.37. The molecule has 1 rings (SSSR count). The normalized spacial score (nSPS) is 11.2. The summed E-state index contributed by atoms with van der Waals surface area (Å²) in [6, 6.07) is 5.72. The highest BCUT2D eigenvalue weighted by molar-refractivity contribution is 7.89. The molecule has 0 aliphatic heterocycles. The summed E-state index contributed by atoms with van der Waals surface area (Å²) in [6.45, 7) is 0. The largest absolute Gasteiger partial charge is 0.478 e. The standard InChI is InChI=1S/C7H8ClNO3S/c8-5-12-6-1-3-7(4-2-6)13(9,10)11/h1-4H,5H2,(H2,9,10,11). The number of alkyl halides is 1. The Hall–Kier alpha value is -0.780. The molecule has 0 radical (unpaired) electrons. The molecule has 1 aromatic rings. The van der Waals surface area contributed by atoms with Gasteiger partial charge in [0.25, 0.3) is 0 Å². The van der Waals surface area contributed by atoms with E-state index in [1.807, 2.05) is 0 Å². The van der Waals surface area contributed by atoms with Crippen molar-refractivity contribution in [2.24, 2.45) is 5.14 Å². The molecule has 6 heteroatoms. The molecule has 2 N–H and O–H groups in total. The van der Waals surface area contributed by atoms with Crippen LogP contribution in [0.25, 0.3) is 0 Å². The Morgan fingerprint density at radius 3 is 2.23 bits per heavy atom. The van der Waals surface area contributed by atoms with Gasteiger partial charge in [0.05, 0.1) is 4.90 Å². The lowest BCUT2D eigenvalue weighted by Crippen LogP contribution is -2.11. The van der Waals surface area contributed by atoms with Gasteiger partial charge in [-0.1, -0.05) is 11.6 Å². The van der Waals surface area contributed by atoms with Gasteiger partial charge in [-0.05, 0) is 24.3 Å². The van der Waals surface area contributed by atoms with Crippen LogP contribution in [0.4, 0.5) is 0 Å². The van der Waals surface area contributed by atoms with E-state index in [9.17, 15) is 8.42 Å². The summed E-state index contributed by atoms with van der Waals surface area (Å²) >= 11 is 5.30. The molecule has 0 saturated heterocycles. The summed E-state index contributed by atoms with van der Waals surface area (Å²) in [5.74, 6) is 0.502. The average Bonchev–Trinajstić information content (AvgIpc) is 2.04. The number of hydrogen-bond acceptors (Lipinski definition) is 3. The Bertz CT molecular complexity index is 373. The van der Waals surface area contributed by atoms with Crippen molar-refractivity contribution in [3.8, 4) is 5.75 Å². The number of benzene rings is 1. The fourth-order valence-electron chi connectivity index (χ4n) is 0.789. The summed E-state index contributed by atoms with van der Waals surface area (Å²) in [5, 5.41) is 4.89. The second-order valence-corrected chi connectivity index (χ2v) is 4.05. The maximum absolute atomic E-state index is 10.8. The van der Waals surface area contributed by atoms with Gasteiger partial charge >= 0.3 is 0 Å². The highest BCUT2D eigenvalue weighted by Gasteiger charge is 2.06. The van der Waals surface area contributed by atoms with E-state index in [1.165, 1.54) is 24.3 Å². The Labute approximate surface area is 81.3 Å². The van der Waals surface area contributed by atoms with Crippen LogP contribution in [-0.4, -0.2) is 14.5 Å². The lowest BCUT2D eigenvalue weighted by molar-refractivity contribution is 0.387. The molecule has 0 saturated carbocycles. The maximum Gasteiger partial charge on any atom is 0.238 e. The van der Waals surface area contributed by atoms with Gasteiger partial charge in [-0.25, -0.2) is 13.6 Å². The maximum atomic E-state index is 10.8. The topological polar surface area (TPSA) is 69.4 Å². The number of hydrogen-bond donors (Lipinski definition) is 1. The van der Waals surface area contributed by atoms with Crippen molar-refractivity contribution in [3.05, 3.63) is 24.3 Å². The smallest absolute Gasteiger partial charge is 0.238 e. The number of sulfonamides is 1. The van der Waals surface area contributed by atoms with Crippen molar-refractivity contribution in [1.29, 1.82) is 0 Å². The van der Waals surface area contributed by atoms with Crippen molar-refractivity contribution in [2.45, 2.75) is 4.90 Å². The van der Waals surface area contributed by atoms with E-state index in [0.717, 1.165) is 0 Å². The first-order valence-corrected chi connectivity index (χ1v) is 5.44. The molecule has 0 aliphatic rings. The van der Waals surface area contributed by atoms with Crippen LogP contribution in [0.1, 0.15) is 0 Å². The van der Waals surface area contributed by atoms with Gasteiger partial charge in [0.2, 0.25) is 10.0 Å². The number of nitrogens with two attached hydrogens (primary N) is 1. The zero-order valence-corrected chi connectivity index (χ0v) is 8.18. The Morgan fingerprint density at radius 2 is 1.85 bits per heavy atom. The third-order valence-corrected chi connectivity index (χ3v) is 2.41. The Balaban J connectivity index is 2.94. The van der Waals surface area contributed by atoms with Crippen LogP contribution in [0.15, 0.2) is 29.2 Å². The van der Waals surface area contributed by atoms with Crippen LogP contribution < -0.4 is 9.88 Å². The lowest BCUT2D eigenvalue weighted by atomic mass is 10.3. The number of rotatable bonds is 3. The minimum atomic E-state index is -3.62. The van der Waals surface area contributed by atoms with E-state index < -0.39 is 10.0 Å². The van der Waals surface area contributed by atoms with Crippen molar-refractivity contribution in [1.82, 2.24) is 0 Å². The third kappa shape index (κ3) is 2.87. The molecule has 0 aliphatic carbocycles. The van der Waals surface area contributed by atoms with Crippen molar-refractivity contribution >= 4 is 21.6 Å². The Morgan fingerprint density at radius 1 is 1.31 bits per heavy atom. The molecule has 1 aromatic carbocycles. The monoisotopic (exact) mass is 221 g/mol. The molecule has 0 heterocycles. The first-order chi connectivity index (χ1) is 6.04. The molecule has 0 fully saturated rings. The second-order valence-electron chi connectivity index (χ2n) is 2.27. The highest BCUT2D eigenvalue weighted by Crippen LogP contribution is 2.14. The number of halogens is 1.